The lowest BCUT2D eigenvalue weighted by Crippen LogP contribution is -2.18. The van der Waals surface area contributed by atoms with E-state index in [-0.39, 0.29) is 24.1 Å². The van der Waals surface area contributed by atoms with Crippen molar-refractivity contribution in [1.82, 2.24) is 0 Å². The summed E-state index contributed by atoms with van der Waals surface area (Å²) in [5.74, 6) is -0.326. The summed E-state index contributed by atoms with van der Waals surface area (Å²) in [6.07, 6.45) is 6.88. The molecule has 0 aliphatic rings. The van der Waals surface area contributed by atoms with Crippen LogP contribution in [0, 0.1) is 5.92 Å². The Bertz CT molecular complexity index is 1270. The molecule has 0 fully saturated rings. The Hall–Kier alpha value is -3.93. The third-order valence-electron chi connectivity index (χ3n) is 7.53. The van der Waals surface area contributed by atoms with E-state index in [9.17, 15) is 14.4 Å². The van der Waals surface area contributed by atoms with Crippen LogP contribution in [0.25, 0.3) is 11.1 Å². The molecule has 0 unspecified atom stereocenters. The predicted octanol–water partition coefficient (Wildman–Crippen LogP) is 9.07. The van der Waals surface area contributed by atoms with Gasteiger partial charge < -0.3 is 14.2 Å². The van der Waals surface area contributed by atoms with Crippen molar-refractivity contribution in [2.24, 2.45) is 5.92 Å². The lowest BCUT2D eigenvalue weighted by atomic mass is 9.97. The lowest BCUT2D eigenvalue weighted by Gasteiger charge is -2.18. The molecule has 0 amide bonds. The van der Waals surface area contributed by atoms with Gasteiger partial charge in [0.15, 0.2) is 0 Å². The zero-order valence-corrected chi connectivity index (χ0v) is 25.6. The first-order valence-corrected chi connectivity index (χ1v) is 15.2. The Morgan fingerprint density at radius 1 is 0.595 bits per heavy atom. The summed E-state index contributed by atoms with van der Waals surface area (Å²) in [4.78, 5) is 37.7. The molecule has 0 aliphatic carbocycles. The first kappa shape index (κ1) is 32.6. The van der Waals surface area contributed by atoms with Gasteiger partial charge in [-0.2, -0.15) is 0 Å². The Kier molecular flexibility index (Phi) is 12.8. The summed E-state index contributed by atoms with van der Waals surface area (Å²) in [5, 5.41) is 0. The summed E-state index contributed by atoms with van der Waals surface area (Å²) in [5.41, 5.74) is 3.14. The minimum absolute atomic E-state index is 0.108. The smallest absolute Gasteiger partial charge is 0.343 e. The van der Waals surface area contributed by atoms with Crippen LogP contribution in [0.15, 0.2) is 72.8 Å². The molecule has 0 radical (unpaired) electrons. The molecule has 6 nitrogen and oxygen atoms in total. The first-order valence-electron chi connectivity index (χ1n) is 15.2. The second-order valence-electron chi connectivity index (χ2n) is 10.9. The number of rotatable bonds is 15. The van der Waals surface area contributed by atoms with Crippen molar-refractivity contribution in [2.45, 2.75) is 91.8 Å². The van der Waals surface area contributed by atoms with Crippen molar-refractivity contribution in [3.63, 3.8) is 0 Å². The fourth-order valence-corrected chi connectivity index (χ4v) is 4.80. The predicted molar refractivity (Wildman–Crippen MR) is 166 cm³/mol. The maximum Gasteiger partial charge on any atom is 0.343 e. The second kappa shape index (κ2) is 16.5. The van der Waals surface area contributed by atoms with Gasteiger partial charge >= 0.3 is 17.9 Å². The molecule has 2 atom stereocenters. The Balaban J connectivity index is 1.53. The summed E-state index contributed by atoms with van der Waals surface area (Å²) < 4.78 is 16.7. The van der Waals surface area contributed by atoms with Gasteiger partial charge in [0.05, 0.1) is 28.9 Å². The summed E-state index contributed by atoms with van der Waals surface area (Å²) in [6.45, 7) is 10.3. The van der Waals surface area contributed by atoms with Crippen LogP contribution < -0.4 is 4.74 Å². The quantitative estimate of drug-likeness (QED) is 0.103. The number of unbranched alkanes of at least 4 members (excludes halogenated alkanes) is 2. The highest BCUT2D eigenvalue weighted by molar-refractivity contribution is 5.93. The van der Waals surface area contributed by atoms with Gasteiger partial charge in [0.1, 0.15) is 5.75 Å². The third-order valence-corrected chi connectivity index (χ3v) is 7.53. The van der Waals surface area contributed by atoms with E-state index < -0.39 is 5.97 Å². The van der Waals surface area contributed by atoms with E-state index in [0.29, 0.717) is 28.4 Å². The van der Waals surface area contributed by atoms with Crippen molar-refractivity contribution < 1.29 is 28.6 Å². The number of benzene rings is 3. The SMILES string of the molecule is CCCCC[C@@H](C)OC(=O)c1ccc(-c2ccc(C(=O)Oc3ccc(C(=O)O[C@H](C)CC(CC)CC)cc3)cc2)cc1. The van der Waals surface area contributed by atoms with E-state index in [2.05, 4.69) is 20.8 Å². The molecule has 3 aromatic rings. The molecule has 0 bridgehead atoms. The Morgan fingerprint density at radius 2 is 1.05 bits per heavy atom. The van der Waals surface area contributed by atoms with Crippen LogP contribution in [0.4, 0.5) is 0 Å². The van der Waals surface area contributed by atoms with Crippen LogP contribution >= 0.6 is 0 Å². The summed E-state index contributed by atoms with van der Waals surface area (Å²) in [7, 11) is 0. The number of esters is 3. The van der Waals surface area contributed by atoms with E-state index in [1.807, 2.05) is 38.1 Å². The third kappa shape index (κ3) is 9.86. The van der Waals surface area contributed by atoms with E-state index in [1.165, 1.54) is 0 Å². The number of hydrogen-bond acceptors (Lipinski definition) is 6. The molecular weight excluding hydrogens is 528 g/mol. The van der Waals surface area contributed by atoms with Crippen LogP contribution in [-0.2, 0) is 9.47 Å². The molecule has 6 heteroatoms. The topological polar surface area (TPSA) is 78.9 Å². The van der Waals surface area contributed by atoms with Gasteiger partial charge in [0.2, 0.25) is 0 Å². The minimum atomic E-state index is -0.498. The van der Waals surface area contributed by atoms with E-state index in [0.717, 1.165) is 56.1 Å². The molecular formula is C36H44O6. The molecule has 224 valence electrons. The van der Waals surface area contributed by atoms with Crippen molar-refractivity contribution >= 4 is 17.9 Å². The fraction of sp³-hybridized carbons (Fsp3) is 0.417. The highest BCUT2D eigenvalue weighted by atomic mass is 16.5. The van der Waals surface area contributed by atoms with Gasteiger partial charge in [-0.25, -0.2) is 14.4 Å². The van der Waals surface area contributed by atoms with E-state index >= 15 is 0 Å². The Morgan fingerprint density at radius 3 is 1.52 bits per heavy atom. The number of carbonyl (C=O) groups is 3. The Labute approximate surface area is 250 Å². The monoisotopic (exact) mass is 572 g/mol. The van der Waals surface area contributed by atoms with E-state index in [4.69, 9.17) is 14.2 Å². The van der Waals surface area contributed by atoms with Crippen LogP contribution in [0.5, 0.6) is 5.75 Å². The van der Waals surface area contributed by atoms with Gasteiger partial charge in [-0.15, -0.1) is 0 Å². The molecule has 0 spiro atoms. The normalized spacial score (nSPS) is 12.4. The van der Waals surface area contributed by atoms with Gasteiger partial charge in [0.25, 0.3) is 0 Å². The maximum absolute atomic E-state index is 12.7. The molecule has 0 heterocycles. The largest absolute Gasteiger partial charge is 0.459 e. The van der Waals surface area contributed by atoms with Crippen molar-refractivity contribution in [3.05, 3.63) is 89.5 Å². The average molecular weight is 573 g/mol. The average Bonchev–Trinajstić information content (AvgIpc) is 3.00. The molecule has 3 rings (SSSR count). The molecule has 0 aromatic heterocycles. The molecule has 3 aromatic carbocycles. The van der Waals surface area contributed by atoms with Gasteiger partial charge in [0, 0.05) is 0 Å². The molecule has 0 saturated carbocycles. The summed E-state index contributed by atoms with van der Waals surface area (Å²) in [6, 6.07) is 20.7. The standard InChI is InChI=1S/C36H44O6/c1-6-9-10-11-25(4)40-34(37)30-16-12-28(13-17-30)29-14-18-31(19-15-29)36(39)42-33-22-20-32(21-23-33)35(38)41-26(5)24-27(7-2)8-3/h12-23,25-27H,6-11,24H2,1-5H3/t25-,26-/m1/s1. The van der Waals surface area contributed by atoms with Gasteiger partial charge in [-0.1, -0.05) is 70.7 Å². The molecule has 0 saturated heterocycles. The number of ether oxygens (including phenoxy) is 3. The van der Waals surface area contributed by atoms with Gasteiger partial charge in [-0.3, -0.25) is 0 Å². The van der Waals surface area contributed by atoms with Crippen molar-refractivity contribution in [3.8, 4) is 16.9 Å². The van der Waals surface area contributed by atoms with Gasteiger partial charge in [-0.05, 0) is 98.7 Å². The molecule has 0 aliphatic heterocycles. The highest BCUT2D eigenvalue weighted by Gasteiger charge is 2.17. The van der Waals surface area contributed by atoms with Crippen LogP contribution in [0.2, 0.25) is 0 Å². The van der Waals surface area contributed by atoms with Crippen LogP contribution in [0.3, 0.4) is 0 Å². The first-order chi connectivity index (χ1) is 20.2. The minimum Gasteiger partial charge on any atom is -0.459 e. The number of hydrogen-bond donors (Lipinski definition) is 0. The fourth-order valence-electron chi connectivity index (χ4n) is 4.80. The molecule has 0 N–H and O–H groups in total. The second-order valence-corrected chi connectivity index (χ2v) is 10.9. The van der Waals surface area contributed by atoms with Crippen molar-refractivity contribution in [2.75, 3.05) is 0 Å². The number of carbonyl (C=O) groups excluding carboxylic acids is 3. The zero-order chi connectivity index (χ0) is 30.5. The van der Waals surface area contributed by atoms with Crippen LogP contribution in [-0.4, -0.2) is 30.1 Å². The highest BCUT2D eigenvalue weighted by Crippen LogP contribution is 2.23. The van der Waals surface area contributed by atoms with E-state index in [1.54, 1.807) is 48.5 Å². The lowest BCUT2D eigenvalue weighted by molar-refractivity contribution is 0.0282. The zero-order valence-electron chi connectivity index (χ0n) is 25.6. The summed E-state index contributed by atoms with van der Waals surface area (Å²) >= 11 is 0. The molecule has 42 heavy (non-hydrogen) atoms. The maximum atomic E-state index is 12.7. The van der Waals surface area contributed by atoms with Crippen molar-refractivity contribution in [1.29, 1.82) is 0 Å². The van der Waals surface area contributed by atoms with Crippen LogP contribution in [0.1, 0.15) is 111 Å².